The van der Waals surface area contributed by atoms with Crippen LogP contribution in [0, 0.1) is 22.7 Å². The minimum Gasteiger partial charge on any atom is -0.346 e. The highest BCUT2D eigenvalue weighted by Crippen LogP contribution is 2.41. The first-order valence-corrected chi connectivity index (χ1v) is 9.64. The molecule has 0 radical (unpaired) electrons. The molecule has 0 unspecified atom stereocenters. The zero-order valence-corrected chi connectivity index (χ0v) is 16.4. The molecule has 2 fully saturated rings. The molecular formula is C23H22N4O2. The first-order valence-electron chi connectivity index (χ1n) is 9.64. The van der Waals surface area contributed by atoms with E-state index in [1.807, 2.05) is 25.1 Å². The number of carbonyl (C=O) groups is 2. The summed E-state index contributed by atoms with van der Waals surface area (Å²) in [5, 5.41) is 20.7. The van der Waals surface area contributed by atoms with Gasteiger partial charge in [-0.2, -0.15) is 5.26 Å². The zero-order chi connectivity index (χ0) is 20.8. The standard InChI is InChI=1S/C23H22N4O2/c1-23(18-5-3-4-14(12-18)13-24)19(21(29)27(2)22(25)26-23)15-6-8-16(9-7-15)20(28)17-10-11-17/h3-9,12,17,19H,10-11H2,1-2H3,(H2,25,26)/t19-,23+/m0/s1. The number of benzene rings is 2. The molecule has 2 N–H and O–H groups in total. The third-order valence-corrected chi connectivity index (χ3v) is 5.94. The van der Waals surface area contributed by atoms with E-state index in [1.165, 1.54) is 4.90 Å². The van der Waals surface area contributed by atoms with Crippen LogP contribution < -0.4 is 5.32 Å². The summed E-state index contributed by atoms with van der Waals surface area (Å²) in [7, 11) is 1.57. The monoisotopic (exact) mass is 386 g/mol. The second-order valence-corrected chi connectivity index (χ2v) is 7.96. The number of amides is 1. The summed E-state index contributed by atoms with van der Waals surface area (Å²) in [5.74, 6) is -0.505. The van der Waals surface area contributed by atoms with E-state index < -0.39 is 11.5 Å². The molecule has 1 aliphatic heterocycles. The molecule has 1 saturated carbocycles. The van der Waals surface area contributed by atoms with Gasteiger partial charge in [0, 0.05) is 18.5 Å². The van der Waals surface area contributed by atoms with Crippen molar-refractivity contribution in [2.24, 2.45) is 5.92 Å². The number of likely N-dealkylation sites (N-methyl/N-ethyl adjacent to an activating group) is 1. The molecule has 2 aliphatic rings. The number of guanidine groups is 1. The van der Waals surface area contributed by atoms with Crippen LogP contribution in [0.4, 0.5) is 0 Å². The smallest absolute Gasteiger partial charge is 0.239 e. The number of Topliss-reactive ketones (excluding diaryl/α,β-unsaturated/α-hetero) is 1. The van der Waals surface area contributed by atoms with Gasteiger partial charge >= 0.3 is 0 Å². The summed E-state index contributed by atoms with van der Waals surface area (Å²) < 4.78 is 0. The van der Waals surface area contributed by atoms with E-state index in [0.29, 0.717) is 11.1 Å². The summed E-state index contributed by atoms with van der Waals surface area (Å²) in [6.07, 6.45) is 1.90. The molecular weight excluding hydrogens is 364 g/mol. The van der Waals surface area contributed by atoms with E-state index in [1.54, 1.807) is 37.4 Å². The zero-order valence-electron chi connectivity index (χ0n) is 16.4. The summed E-state index contributed by atoms with van der Waals surface area (Å²) in [6, 6.07) is 16.5. The minimum atomic E-state index is -0.907. The topological polar surface area (TPSA) is 97.1 Å². The maximum atomic E-state index is 13.2. The summed E-state index contributed by atoms with van der Waals surface area (Å²) in [4.78, 5) is 26.9. The Morgan fingerprint density at radius 2 is 1.93 bits per heavy atom. The van der Waals surface area contributed by atoms with E-state index in [4.69, 9.17) is 5.41 Å². The van der Waals surface area contributed by atoms with Gasteiger partial charge in [-0.05, 0) is 43.0 Å². The van der Waals surface area contributed by atoms with Crippen LogP contribution in [0.25, 0.3) is 0 Å². The second kappa shape index (κ2) is 6.85. The molecule has 2 aromatic rings. The Balaban J connectivity index is 1.78. The molecule has 4 rings (SSSR count). The Morgan fingerprint density at radius 3 is 2.55 bits per heavy atom. The van der Waals surface area contributed by atoms with Gasteiger partial charge in [0.1, 0.15) is 0 Å². The molecule has 2 aromatic carbocycles. The van der Waals surface area contributed by atoms with Crippen molar-refractivity contribution in [1.29, 1.82) is 10.7 Å². The maximum Gasteiger partial charge on any atom is 0.239 e. The van der Waals surface area contributed by atoms with Crippen LogP contribution in [-0.2, 0) is 10.3 Å². The third-order valence-electron chi connectivity index (χ3n) is 5.94. The maximum absolute atomic E-state index is 13.2. The van der Waals surface area contributed by atoms with E-state index >= 15 is 0 Å². The number of nitrogens with zero attached hydrogens (tertiary/aromatic N) is 2. The first kappa shape index (κ1) is 18.9. The largest absolute Gasteiger partial charge is 0.346 e. The van der Waals surface area contributed by atoms with Crippen molar-refractivity contribution in [3.05, 3.63) is 70.8 Å². The second-order valence-electron chi connectivity index (χ2n) is 7.96. The Morgan fingerprint density at radius 1 is 1.24 bits per heavy atom. The lowest BCUT2D eigenvalue weighted by atomic mass is 9.73. The fourth-order valence-electron chi connectivity index (χ4n) is 4.00. The molecule has 0 bridgehead atoms. The Kier molecular flexibility index (Phi) is 4.46. The number of nitriles is 1. The average molecular weight is 386 g/mol. The number of nitrogens with one attached hydrogen (secondary N) is 2. The van der Waals surface area contributed by atoms with Crippen LogP contribution in [0.5, 0.6) is 0 Å². The summed E-state index contributed by atoms with van der Waals surface area (Å²) in [6.45, 7) is 1.87. The predicted octanol–water partition coefficient (Wildman–Crippen LogP) is 3.15. The molecule has 1 heterocycles. The first-order chi connectivity index (χ1) is 13.8. The summed E-state index contributed by atoms with van der Waals surface area (Å²) >= 11 is 0. The molecule has 6 nitrogen and oxygen atoms in total. The van der Waals surface area contributed by atoms with Crippen LogP contribution in [-0.4, -0.2) is 29.6 Å². The van der Waals surface area contributed by atoms with Crippen LogP contribution >= 0.6 is 0 Å². The van der Waals surface area contributed by atoms with Crippen molar-refractivity contribution in [1.82, 2.24) is 10.2 Å². The number of rotatable bonds is 4. The molecule has 1 saturated heterocycles. The highest BCUT2D eigenvalue weighted by molar-refractivity contribution is 6.03. The van der Waals surface area contributed by atoms with Crippen LogP contribution in [0.3, 0.4) is 0 Å². The van der Waals surface area contributed by atoms with Crippen molar-refractivity contribution in [3.63, 3.8) is 0 Å². The molecule has 2 atom stereocenters. The lowest BCUT2D eigenvalue weighted by Crippen LogP contribution is -2.62. The van der Waals surface area contributed by atoms with Gasteiger partial charge in [-0.15, -0.1) is 0 Å². The Hall–Kier alpha value is -3.46. The van der Waals surface area contributed by atoms with Gasteiger partial charge in [0.2, 0.25) is 5.91 Å². The van der Waals surface area contributed by atoms with Gasteiger partial charge in [-0.25, -0.2) is 0 Å². The summed E-state index contributed by atoms with van der Waals surface area (Å²) in [5.41, 5.74) is 1.77. The SMILES string of the molecule is CN1C(=N)N[C@](C)(c2cccc(C#N)c2)[C@@H](c2ccc(C(=O)C3CC3)cc2)C1=O. The normalized spacial score (nSPS) is 24.0. The Labute approximate surface area is 169 Å². The molecule has 29 heavy (non-hydrogen) atoms. The van der Waals surface area contributed by atoms with Gasteiger partial charge in [0.05, 0.1) is 23.1 Å². The van der Waals surface area contributed by atoms with Gasteiger partial charge < -0.3 is 5.32 Å². The van der Waals surface area contributed by atoms with Crippen molar-refractivity contribution in [2.75, 3.05) is 7.05 Å². The van der Waals surface area contributed by atoms with E-state index in [2.05, 4.69) is 11.4 Å². The number of hydrogen-bond acceptors (Lipinski definition) is 4. The van der Waals surface area contributed by atoms with Crippen molar-refractivity contribution < 1.29 is 9.59 Å². The van der Waals surface area contributed by atoms with Gasteiger partial charge in [0.15, 0.2) is 11.7 Å². The van der Waals surface area contributed by atoms with E-state index in [9.17, 15) is 14.9 Å². The number of hydrogen-bond donors (Lipinski definition) is 2. The van der Waals surface area contributed by atoms with Crippen molar-refractivity contribution in [2.45, 2.75) is 31.2 Å². The van der Waals surface area contributed by atoms with Crippen molar-refractivity contribution >= 4 is 17.6 Å². The quantitative estimate of drug-likeness (QED) is 0.789. The predicted molar refractivity (Wildman–Crippen MR) is 108 cm³/mol. The third kappa shape index (κ3) is 3.19. The molecule has 146 valence electrons. The van der Waals surface area contributed by atoms with Crippen LogP contribution in [0.1, 0.15) is 52.7 Å². The van der Waals surface area contributed by atoms with Crippen molar-refractivity contribution in [3.8, 4) is 6.07 Å². The number of ketones is 1. The van der Waals surface area contributed by atoms with Gasteiger partial charge in [0.25, 0.3) is 0 Å². The molecule has 0 aromatic heterocycles. The lowest BCUT2D eigenvalue weighted by Gasteiger charge is -2.46. The average Bonchev–Trinajstić information content (AvgIpc) is 3.57. The molecule has 1 amide bonds. The van der Waals surface area contributed by atoms with E-state index in [-0.39, 0.29) is 23.6 Å². The Bertz CT molecular complexity index is 1050. The number of carbonyl (C=O) groups excluding carboxylic acids is 2. The minimum absolute atomic E-state index is 0.0108. The highest BCUT2D eigenvalue weighted by atomic mass is 16.2. The highest BCUT2D eigenvalue weighted by Gasteiger charge is 2.48. The molecule has 6 heteroatoms. The fourth-order valence-corrected chi connectivity index (χ4v) is 4.00. The van der Waals surface area contributed by atoms with Gasteiger partial charge in [-0.1, -0.05) is 36.4 Å². The lowest BCUT2D eigenvalue weighted by molar-refractivity contribution is -0.131. The fraction of sp³-hybridized carbons (Fsp3) is 0.304. The molecule has 0 spiro atoms. The molecule has 1 aliphatic carbocycles. The van der Waals surface area contributed by atoms with E-state index in [0.717, 1.165) is 24.0 Å². The van der Waals surface area contributed by atoms with Gasteiger partial charge in [-0.3, -0.25) is 19.9 Å². The van der Waals surface area contributed by atoms with Crippen LogP contribution in [0.15, 0.2) is 48.5 Å². The van der Waals surface area contributed by atoms with Crippen LogP contribution in [0.2, 0.25) is 0 Å².